The van der Waals surface area contributed by atoms with Crippen LogP contribution in [-0.2, 0) is 4.79 Å². The summed E-state index contributed by atoms with van der Waals surface area (Å²) in [5, 5.41) is 12.5. The molecule has 22 heavy (non-hydrogen) atoms. The van der Waals surface area contributed by atoms with Crippen LogP contribution < -0.4 is 5.32 Å². The fourth-order valence-electron chi connectivity index (χ4n) is 2.87. The number of rotatable bonds is 4. The van der Waals surface area contributed by atoms with Crippen molar-refractivity contribution in [2.24, 2.45) is 11.8 Å². The van der Waals surface area contributed by atoms with E-state index in [4.69, 9.17) is 0 Å². The molecule has 1 aromatic rings. The highest BCUT2D eigenvalue weighted by molar-refractivity contribution is 5.98. The van der Waals surface area contributed by atoms with Crippen molar-refractivity contribution in [3.05, 3.63) is 29.8 Å². The van der Waals surface area contributed by atoms with Gasteiger partial charge in [-0.2, -0.15) is 0 Å². The zero-order chi connectivity index (χ0) is 15.7. The molecule has 0 spiro atoms. The van der Waals surface area contributed by atoms with E-state index >= 15 is 0 Å². The van der Waals surface area contributed by atoms with Crippen molar-refractivity contribution in [1.82, 2.24) is 4.90 Å². The summed E-state index contributed by atoms with van der Waals surface area (Å²) in [5.41, 5.74) is 1.26. The van der Waals surface area contributed by atoms with E-state index in [2.05, 4.69) is 5.32 Å². The second-order valence-electron chi connectivity index (χ2n) is 6.38. The number of carbonyl (C=O) groups is 2. The summed E-state index contributed by atoms with van der Waals surface area (Å²) in [4.78, 5) is 26.1. The molecular formula is C17H22N2O3. The highest BCUT2D eigenvalue weighted by Gasteiger charge is 2.31. The van der Waals surface area contributed by atoms with Gasteiger partial charge in [0.2, 0.25) is 5.91 Å². The Balaban J connectivity index is 1.66. The number of anilines is 1. The lowest BCUT2D eigenvalue weighted by Crippen LogP contribution is -2.30. The molecule has 1 aromatic carbocycles. The van der Waals surface area contributed by atoms with Crippen LogP contribution in [0, 0.1) is 11.8 Å². The fourth-order valence-corrected chi connectivity index (χ4v) is 2.87. The van der Waals surface area contributed by atoms with Gasteiger partial charge in [-0.1, -0.05) is 6.07 Å². The lowest BCUT2D eigenvalue weighted by atomic mass is 10.0. The first-order valence-electron chi connectivity index (χ1n) is 7.93. The van der Waals surface area contributed by atoms with Crippen LogP contribution in [0.2, 0.25) is 0 Å². The normalized spacial score (nSPS) is 22.5. The Morgan fingerprint density at radius 3 is 2.73 bits per heavy atom. The number of benzene rings is 1. The molecule has 0 bridgehead atoms. The number of hydrogen-bond donors (Lipinski definition) is 2. The smallest absolute Gasteiger partial charge is 0.253 e. The third-order valence-electron chi connectivity index (χ3n) is 4.52. The second-order valence-corrected chi connectivity index (χ2v) is 6.38. The standard InChI is InChI=1S/C17H22N2O3/c1-11(20)14-7-8-19(10-14)17(22)13-3-2-4-15(9-13)18-16(21)12-5-6-12/h2-4,9,11-12,14,20H,5-8,10H2,1H3,(H,18,21). The summed E-state index contributed by atoms with van der Waals surface area (Å²) < 4.78 is 0. The van der Waals surface area contributed by atoms with E-state index < -0.39 is 0 Å². The van der Waals surface area contributed by atoms with Crippen molar-refractivity contribution >= 4 is 17.5 Å². The van der Waals surface area contributed by atoms with Crippen LogP contribution in [0.25, 0.3) is 0 Å². The number of nitrogens with zero attached hydrogens (tertiary/aromatic N) is 1. The van der Waals surface area contributed by atoms with Crippen molar-refractivity contribution in [3.63, 3.8) is 0 Å². The molecule has 1 heterocycles. The van der Waals surface area contributed by atoms with Gasteiger partial charge in [0.25, 0.3) is 5.91 Å². The van der Waals surface area contributed by atoms with Crippen LogP contribution >= 0.6 is 0 Å². The van der Waals surface area contributed by atoms with E-state index in [9.17, 15) is 14.7 Å². The van der Waals surface area contributed by atoms with Crippen LogP contribution in [0.5, 0.6) is 0 Å². The third-order valence-corrected chi connectivity index (χ3v) is 4.52. The highest BCUT2D eigenvalue weighted by atomic mass is 16.3. The molecule has 2 fully saturated rings. The summed E-state index contributed by atoms with van der Waals surface area (Å²) in [6.07, 6.45) is 2.36. The van der Waals surface area contributed by atoms with Crippen LogP contribution in [0.4, 0.5) is 5.69 Å². The number of likely N-dealkylation sites (tertiary alicyclic amines) is 1. The average molecular weight is 302 g/mol. The Labute approximate surface area is 130 Å². The minimum atomic E-state index is -0.387. The van der Waals surface area contributed by atoms with Crippen LogP contribution in [0.1, 0.15) is 36.5 Å². The van der Waals surface area contributed by atoms with E-state index in [1.807, 2.05) is 0 Å². The van der Waals surface area contributed by atoms with Crippen molar-refractivity contribution in [2.45, 2.75) is 32.3 Å². The van der Waals surface area contributed by atoms with E-state index in [-0.39, 0.29) is 29.8 Å². The minimum Gasteiger partial charge on any atom is -0.393 e. The van der Waals surface area contributed by atoms with Gasteiger partial charge in [-0.25, -0.2) is 0 Å². The third kappa shape index (κ3) is 3.30. The number of hydrogen-bond acceptors (Lipinski definition) is 3. The molecule has 5 heteroatoms. The zero-order valence-electron chi connectivity index (χ0n) is 12.8. The van der Waals surface area contributed by atoms with E-state index in [1.165, 1.54) is 0 Å². The van der Waals surface area contributed by atoms with Crippen LogP contribution in [0.3, 0.4) is 0 Å². The molecule has 2 atom stereocenters. The number of nitrogens with one attached hydrogen (secondary N) is 1. The van der Waals surface area contributed by atoms with Gasteiger partial charge < -0.3 is 15.3 Å². The zero-order valence-corrected chi connectivity index (χ0v) is 12.8. The molecule has 5 nitrogen and oxygen atoms in total. The van der Waals surface area contributed by atoms with Gasteiger partial charge in [0.05, 0.1) is 6.10 Å². The predicted octanol–water partition coefficient (Wildman–Crippen LogP) is 1.88. The quantitative estimate of drug-likeness (QED) is 0.892. The first kappa shape index (κ1) is 15.0. The van der Waals surface area contributed by atoms with Crippen molar-refractivity contribution in [1.29, 1.82) is 0 Å². The molecule has 1 saturated carbocycles. The van der Waals surface area contributed by atoms with E-state index in [0.29, 0.717) is 24.3 Å². The first-order chi connectivity index (χ1) is 10.5. The number of aliphatic hydroxyl groups is 1. The monoisotopic (exact) mass is 302 g/mol. The number of carbonyl (C=O) groups excluding carboxylic acids is 2. The van der Waals surface area contributed by atoms with Gasteiger partial charge >= 0.3 is 0 Å². The summed E-state index contributed by atoms with van der Waals surface area (Å²) in [7, 11) is 0. The van der Waals surface area contributed by atoms with Crippen LogP contribution in [0.15, 0.2) is 24.3 Å². The van der Waals surface area contributed by atoms with Gasteiger partial charge in [0.15, 0.2) is 0 Å². The van der Waals surface area contributed by atoms with Crippen molar-refractivity contribution in [2.75, 3.05) is 18.4 Å². The Morgan fingerprint density at radius 1 is 1.32 bits per heavy atom. The molecule has 118 valence electrons. The molecule has 2 amide bonds. The largest absolute Gasteiger partial charge is 0.393 e. The molecule has 3 rings (SSSR count). The van der Waals surface area contributed by atoms with Gasteiger partial charge in [-0.3, -0.25) is 9.59 Å². The maximum absolute atomic E-state index is 12.5. The highest BCUT2D eigenvalue weighted by Crippen LogP contribution is 2.30. The summed E-state index contributed by atoms with van der Waals surface area (Å²) >= 11 is 0. The van der Waals surface area contributed by atoms with Crippen molar-refractivity contribution < 1.29 is 14.7 Å². The van der Waals surface area contributed by atoms with Gasteiger partial charge in [0.1, 0.15) is 0 Å². The topological polar surface area (TPSA) is 69.6 Å². The molecule has 0 aromatic heterocycles. The Morgan fingerprint density at radius 2 is 2.09 bits per heavy atom. The molecule has 2 unspecified atom stereocenters. The molecule has 2 N–H and O–H groups in total. The van der Waals surface area contributed by atoms with Gasteiger partial charge in [0, 0.05) is 36.2 Å². The molecule has 1 aliphatic heterocycles. The Kier molecular flexibility index (Phi) is 4.16. The molecule has 0 radical (unpaired) electrons. The maximum Gasteiger partial charge on any atom is 0.253 e. The minimum absolute atomic E-state index is 0.0364. The van der Waals surface area contributed by atoms with Crippen LogP contribution in [-0.4, -0.2) is 41.0 Å². The SMILES string of the molecule is CC(O)C1CCN(C(=O)c2cccc(NC(=O)C3CC3)c2)C1. The maximum atomic E-state index is 12.5. The van der Waals surface area contributed by atoms with Gasteiger partial charge in [-0.05, 0) is 44.4 Å². The molecule has 1 aliphatic carbocycles. The summed E-state index contributed by atoms with van der Waals surface area (Å²) in [6.45, 7) is 3.04. The number of amides is 2. The van der Waals surface area contributed by atoms with Gasteiger partial charge in [-0.15, -0.1) is 0 Å². The molecule has 2 aliphatic rings. The average Bonchev–Trinajstić information content (AvgIpc) is 3.23. The summed E-state index contributed by atoms with van der Waals surface area (Å²) in [6, 6.07) is 7.10. The molecule has 1 saturated heterocycles. The molecular weight excluding hydrogens is 280 g/mol. The lowest BCUT2D eigenvalue weighted by molar-refractivity contribution is -0.117. The van der Waals surface area contributed by atoms with E-state index in [1.54, 1.807) is 36.1 Å². The Bertz CT molecular complexity index is 581. The van der Waals surface area contributed by atoms with E-state index in [0.717, 1.165) is 19.3 Å². The second kappa shape index (κ2) is 6.08. The lowest BCUT2D eigenvalue weighted by Gasteiger charge is -2.18. The fraction of sp³-hybridized carbons (Fsp3) is 0.529. The Hall–Kier alpha value is -1.88. The number of aliphatic hydroxyl groups excluding tert-OH is 1. The summed E-state index contributed by atoms with van der Waals surface area (Å²) in [5.74, 6) is 0.303. The van der Waals surface area contributed by atoms with Crippen molar-refractivity contribution in [3.8, 4) is 0 Å². The first-order valence-corrected chi connectivity index (χ1v) is 7.93. The predicted molar refractivity (Wildman–Crippen MR) is 83.5 cm³/mol.